The number of hydrogen-bond acceptors (Lipinski definition) is 4. The van der Waals surface area contributed by atoms with Gasteiger partial charge in [-0.25, -0.2) is 13.6 Å². The van der Waals surface area contributed by atoms with Crippen LogP contribution in [-0.4, -0.2) is 58.9 Å². The number of rotatable bonds is 5. The molecule has 0 aliphatic carbocycles. The highest BCUT2D eigenvalue weighted by molar-refractivity contribution is 5.77. The van der Waals surface area contributed by atoms with Gasteiger partial charge in [0.2, 0.25) is 0 Å². The Balaban J connectivity index is 1.17. The number of likely N-dealkylation sites (tertiary alicyclic amines) is 1. The van der Waals surface area contributed by atoms with Crippen LogP contribution >= 0.6 is 0 Å². The van der Waals surface area contributed by atoms with Gasteiger partial charge in [0.15, 0.2) is 11.6 Å². The molecule has 4 heterocycles. The van der Waals surface area contributed by atoms with Gasteiger partial charge in [-0.15, -0.1) is 0 Å². The third-order valence-corrected chi connectivity index (χ3v) is 8.09. The van der Waals surface area contributed by atoms with Gasteiger partial charge in [0.1, 0.15) is 0 Å². The van der Waals surface area contributed by atoms with Crippen LogP contribution in [0.1, 0.15) is 46.7 Å². The summed E-state index contributed by atoms with van der Waals surface area (Å²) in [6, 6.07) is 13.5. The van der Waals surface area contributed by atoms with Gasteiger partial charge in [-0.1, -0.05) is 30.3 Å². The van der Waals surface area contributed by atoms with E-state index in [1.165, 1.54) is 22.8 Å². The number of amides is 2. The summed E-state index contributed by atoms with van der Waals surface area (Å²) in [5.74, 6) is -1.81. The third-order valence-electron chi connectivity index (χ3n) is 8.09. The predicted molar refractivity (Wildman–Crippen MR) is 135 cm³/mol. The summed E-state index contributed by atoms with van der Waals surface area (Å²) in [6.45, 7) is 4.46. The Hall–Kier alpha value is -3.36. The average Bonchev–Trinajstić information content (AvgIpc) is 3.44. The van der Waals surface area contributed by atoms with Crippen LogP contribution in [0.3, 0.4) is 0 Å². The summed E-state index contributed by atoms with van der Waals surface area (Å²) in [4.78, 5) is 22.9. The molecule has 6 nitrogen and oxygen atoms in total. The van der Waals surface area contributed by atoms with Gasteiger partial charge in [-0.2, -0.15) is 0 Å². The quantitative estimate of drug-likeness (QED) is 0.499. The van der Waals surface area contributed by atoms with Crippen LogP contribution in [0.25, 0.3) is 0 Å². The molecule has 2 amide bonds. The molecule has 0 N–H and O–H groups in total. The van der Waals surface area contributed by atoms with E-state index in [4.69, 9.17) is 4.74 Å². The highest BCUT2D eigenvalue weighted by Gasteiger charge is 2.42. The van der Waals surface area contributed by atoms with E-state index < -0.39 is 17.7 Å². The highest BCUT2D eigenvalue weighted by Crippen LogP contribution is 2.44. The number of nitrogens with zero attached hydrogens (tertiary/aromatic N) is 4. The summed E-state index contributed by atoms with van der Waals surface area (Å²) in [7, 11) is 1.75. The fraction of sp³-hybridized carbons (Fsp3) is 0.379. The molecular formula is C29H30F2N4O2. The minimum Gasteiger partial charge on any atom is -0.365 e. The molecule has 3 aliphatic rings. The van der Waals surface area contributed by atoms with E-state index >= 15 is 0 Å². The number of piperidine rings is 1. The van der Waals surface area contributed by atoms with Crippen molar-refractivity contribution in [3.63, 3.8) is 0 Å². The Morgan fingerprint density at radius 2 is 1.73 bits per heavy atom. The van der Waals surface area contributed by atoms with Crippen LogP contribution in [0.15, 0.2) is 60.9 Å². The van der Waals surface area contributed by atoms with Crippen LogP contribution in [0.4, 0.5) is 13.6 Å². The monoisotopic (exact) mass is 504 g/mol. The lowest BCUT2D eigenvalue weighted by molar-refractivity contribution is -0.0800. The molecular weight excluding hydrogens is 474 g/mol. The van der Waals surface area contributed by atoms with Crippen molar-refractivity contribution in [1.82, 2.24) is 19.7 Å². The van der Waals surface area contributed by atoms with Crippen molar-refractivity contribution in [2.75, 3.05) is 33.2 Å². The van der Waals surface area contributed by atoms with Crippen molar-refractivity contribution in [2.45, 2.75) is 37.6 Å². The maximum Gasteiger partial charge on any atom is 0.320 e. The van der Waals surface area contributed by atoms with Gasteiger partial charge in [-0.05, 0) is 53.3 Å². The topological polar surface area (TPSA) is 48.9 Å². The number of carbonyl (C=O) groups excluding carboxylic acids is 1. The first-order chi connectivity index (χ1) is 17.9. The standard InChI is InChI=1S/C29H30F2N4O2/c1-33-14-15-35(28(33)36)27(22-6-7-25(30)26(31)16-22)21-4-2-20(3-5-21)18-34-12-9-29(10-13-34)24-17-32-11-8-23(24)19-37-29/h2-8,11,16-17,27H,9-10,12-15,18-19H2,1H3. The Morgan fingerprint density at radius 3 is 2.43 bits per heavy atom. The van der Waals surface area contributed by atoms with Crippen LogP contribution in [0.2, 0.25) is 0 Å². The molecule has 1 spiro atoms. The first kappa shape index (κ1) is 24.0. The molecule has 37 heavy (non-hydrogen) atoms. The van der Waals surface area contributed by atoms with Gasteiger partial charge in [0.05, 0.1) is 18.2 Å². The molecule has 3 aliphatic heterocycles. The van der Waals surface area contributed by atoms with Gasteiger partial charge in [0.25, 0.3) is 0 Å². The fourth-order valence-electron chi connectivity index (χ4n) is 5.95. The zero-order valence-corrected chi connectivity index (χ0v) is 20.9. The molecule has 8 heteroatoms. The van der Waals surface area contributed by atoms with E-state index in [0.29, 0.717) is 25.3 Å². The van der Waals surface area contributed by atoms with Gasteiger partial charge >= 0.3 is 6.03 Å². The number of benzene rings is 2. The molecule has 1 atom stereocenters. The second-order valence-electron chi connectivity index (χ2n) is 10.3. The molecule has 1 unspecified atom stereocenters. The molecule has 2 aromatic carbocycles. The predicted octanol–water partition coefficient (Wildman–Crippen LogP) is 4.84. The van der Waals surface area contributed by atoms with Crippen molar-refractivity contribution in [1.29, 1.82) is 0 Å². The average molecular weight is 505 g/mol. The molecule has 2 saturated heterocycles. The van der Waals surface area contributed by atoms with E-state index in [9.17, 15) is 13.6 Å². The number of carbonyl (C=O) groups is 1. The van der Waals surface area contributed by atoms with Crippen molar-refractivity contribution < 1.29 is 18.3 Å². The van der Waals surface area contributed by atoms with E-state index in [0.717, 1.165) is 44.1 Å². The summed E-state index contributed by atoms with van der Waals surface area (Å²) in [5, 5.41) is 0. The fourth-order valence-corrected chi connectivity index (χ4v) is 5.95. The summed E-state index contributed by atoms with van der Waals surface area (Å²) < 4.78 is 34.0. The minimum atomic E-state index is -0.911. The van der Waals surface area contributed by atoms with E-state index in [2.05, 4.69) is 28.1 Å². The van der Waals surface area contributed by atoms with Crippen molar-refractivity contribution in [3.8, 4) is 0 Å². The van der Waals surface area contributed by atoms with Crippen molar-refractivity contribution >= 4 is 6.03 Å². The molecule has 0 radical (unpaired) electrons. The molecule has 192 valence electrons. The third kappa shape index (κ3) is 4.38. The Labute approximate surface area is 215 Å². The highest BCUT2D eigenvalue weighted by atomic mass is 19.2. The number of urea groups is 1. The molecule has 0 saturated carbocycles. The first-order valence-corrected chi connectivity index (χ1v) is 12.8. The smallest absolute Gasteiger partial charge is 0.320 e. The normalized spacial score (nSPS) is 20.0. The molecule has 1 aromatic heterocycles. The lowest BCUT2D eigenvalue weighted by atomic mass is 9.84. The number of halogens is 2. The molecule has 0 bridgehead atoms. The van der Waals surface area contributed by atoms with Crippen LogP contribution in [-0.2, 0) is 23.5 Å². The number of pyridine rings is 1. The largest absolute Gasteiger partial charge is 0.365 e. The SMILES string of the molecule is CN1CCN(C(c2ccc(CN3CCC4(CC3)OCc3ccncc34)cc2)c2ccc(F)c(F)c2)C1=O. The van der Waals surface area contributed by atoms with Gasteiger partial charge < -0.3 is 14.5 Å². The van der Waals surface area contributed by atoms with E-state index in [1.807, 2.05) is 24.5 Å². The second-order valence-corrected chi connectivity index (χ2v) is 10.3. The van der Waals surface area contributed by atoms with Crippen LogP contribution < -0.4 is 0 Å². The van der Waals surface area contributed by atoms with Gasteiger partial charge in [0, 0.05) is 57.7 Å². The molecule has 3 aromatic rings. The number of fused-ring (bicyclic) bond motifs is 2. The number of aromatic nitrogens is 1. The summed E-state index contributed by atoms with van der Waals surface area (Å²) >= 11 is 0. The minimum absolute atomic E-state index is 0.119. The summed E-state index contributed by atoms with van der Waals surface area (Å²) in [5.41, 5.74) is 4.88. The lowest BCUT2D eigenvalue weighted by Gasteiger charge is -2.39. The summed E-state index contributed by atoms with van der Waals surface area (Å²) in [6.07, 6.45) is 5.66. The van der Waals surface area contributed by atoms with Crippen molar-refractivity contribution in [3.05, 3.63) is 100 Å². The van der Waals surface area contributed by atoms with Crippen molar-refractivity contribution in [2.24, 2.45) is 0 Å². The zero-order chi connectivity index (χ0) is 25.6. The molecule has 6 rings (SSSR count). The van der Waals surface area contributed by atoms with Crippen LogP contribution in [0.5, 0.6) is 0 Å². The molecule has 2 fully saturated rings. The number of ether oxygens (including phenoxy) is 1. The Bertz CT molecular complexity index is 1310. The first-order valence-electron chi connectivity index (χ1n) is 12.8. The van der Waals surface area contributed by atoms with Gasteiger partial charge in [-0.3, -0.25) is 9.88 Å². The Morgan fingerprint density at radius 1 is 0.973 bits per heavy atom. The second kappa shape index (κ2) is 9.50. The van der Waals surface area contributed by atoms with E-state index in [1.54, 1.807) is 22.9 Å². The Kier molecular flexibility index (Phi) is 6.16. The maximum absolute atomic E-state index is 14.1. The van der Waals surface area contributed by atoms with E-state index in [-0.39, 0.29) is 11.6 Å². The van der Waals surface area contributed by atoms with Crippen LogP contribution in [0, 0.1) is 11.6 Å². The zero-order valence-electron chi connectivity index (χ0n) is 20.9. The lowest BCUT2D eigenvalue weighted by Crippen LogP contribution is -2.42. The maximum atomic E-state index is 14.1. The number of hydrogen-bond donors (Lipinski definition) is 0. The number of likely N-dealkylation sites (N-methyl/N-ethyl adjacent to an activating group) is 1.